The molecule has 32 heavy (non-hydrogen) atoms. The molecule has 0 fully saturated rings. The van der Waals surface area contributed by atoms with Crippen LogP contribution in [0.3, 0.4) is 0 Å². The summed E-state index contributed by atoms with van der Waals surface area (Å²) < 4.78 is 54.6. The van der Waals surface area contributed by atoms with Gasteiger partial charge in [-0.15, -0.1) is 0 Å². The molecule has 3 aromatic rings. The fraction of sp³-hybridized carbons (Fsp3) is 0. The lowest BCUT2D eigenvalue weighted by Crippen LogP contribution is -2.15. The lowest BCUT2D eigenvalue weighted by molar-refractivity contribution is -0.385. The van der Waals surface area contributed by atoms with Gasteiger partial charge in [-0.25, -0.2) is 16.8 Å². The smallest absolute Gasteiger partial charge is 0.269 e. The highest BCUT2D eigenvalue weighted by Gasteiger charge is 2.18. The summed E-state index contributed by atoms with van der Waals surface area (Å²) in [5.41, 5.74) is -0.474. The molecule has 3 aromatic carbocycles. The van der Waals surface area contributed by atoms with Crippen molar-refractivity contribution in [1.82, 2.24) is 0 Å². The summed E-state index contributed by atoms with van der Waals surface area (Å²) in [5.74, 6) is 0. The summed E-state index contributed by atoms with van der Waals surface area (Å²) in [5, 5.41) is 21.4. The zero-order valence-electron chi connectivity index (χ0n) is 15.9. The zero-order chi connectivity index (χ0) is 23.5. The van der Waals surface area contributed by atoms with E-state index in [4.69, 9.17) is 0 Å². The van der Waals surface area contributed by atoms with Gasteiger partial charge in [0.15, 0.2) is 0 Å². The molecule has 0 heterocycles. The van der Waals surface area contributed by atoms with E-state index < -0.39 is 29.9 Å². The maximum atomic E-state index is 12.5. The number of nitro benzene ring substituents is 2. The Bertz CT molecular complexity index is 1280. The first-order valence-corrected chi connectivity index (χ1v) is 11.6. The molecule has 0 saturated heterocycles. The van der Waals surface area contributed by atoms with Crippen LogP contribution in [0, 0.1) is 20.2 Å². The summed E-state index contributed by atoms with van der Waals surface area (Å²) in [7, 11) is -8.19. The topological polar surface area (TPSA) is 179 Å². The minimum atomic E-state index is -4.09. The van der Waals surface area contributed by atoms with Crippen molar-refractivity contribution < 1.29 is 26.7 Å². The molecule has 0 saturated carbocycles. The van der Waals surface area contributed by atoms with E-state index in [1.807, 2.05) is 0 Å². The summed E-state index contributed by atoms with van der Waals surface area (Å²) >= 11 is 0. The lowest BCUT2D eigenvalue weighted by atomic mass is 10.3. The Morgan fingerprint density at radius 1 is 0.594 bits per heavy atom. The van der Waals surface area contributed by atoms with Crippen molar-refractivity contribution >= 4 is 42.8 Å². The first-order valence-electron chi connectivity index (χ1n) is 8.62. The van der Waals surface area contributed by atoms with Gasteiger partial charge < -0.3 is 0 Å². The molecule has 0 spiro atoms. The Morgan fingerprint density at radius 3 is 1.25 bits per heavy atom. The number of rotatable bonds is 8. The number of nitrogens with one attached hydrogen (secondary N) is 2. The second-order valence-electron chi connectivity index (χ2n) is 6.29. The van der Waals surface area contributed by atoms with Gasteiger partial charge in [-0.1, -0.05) is 6.07 Å². The maximum Gasteiger partial charge on any atom is 0.269 e. The number of hydrogen-bond acceptors (Lipinski definition) is 8. The van der Waals surface area contributed by atoms with Crippen LogP contribution in [0.2, 0.25) is 0 Å². The number of sulfonamides is 2. The highest BCUT2D eigenvalue weighted by molar-refractivity contribution is 7.93. The largest absolute Gasteiger partial charge is 0.280 e. The monoisotopic (exact) mass is 478 g/mol. The van der Waals surface area contributed by atoms with Gasteiger partial charge in [0.2, 0.25) is 0 Å². The van der Waals surface area contributed by atoms with Gasteiger partial charge >= 0.3 is 0 Å². The van der Waals surface area contributed by atoms with Crippen LogP contribution in [0.25, 0.3) is 0 Å². The number of benzene rings is 3. The third-order valence-corrected chi connectivity index (χ3v) is 6.88. The van der Waals surface area contributed by atoms with Gasteiger partial charge in [0.1, 0.15) is 0 Å². The molecule has 166 valence electrons. The SMILES string of the molecule is O=[N+]([O-])c1ccc(S(=O)(=O)Nc2cccc(NS(=O)(=O)c3ccc([N+](=O)[O-])cc3)c2)cc1. The predicted molar refractivity (Wildman–Crippen MR) is 114 cm³/mol. The molecule has 0 aromatic heterocycles. The standard InChI is InChI=1S/C18H14N4O8S2/c23-21(24)15-4-8-17(9-5-15)31(27,28)19-13-2-1-3-14(12-13)20-32(29,30)18-10-6-16(7-11-18)22(25)26/h1-12,19-20H. The number of nitro groups is 2. The van der Waals surface area contributed by atoms with E-state index in [1.165, 1.54) is 24.3 Å². The minimum absolute atomic E-state index is 0.0345. The van der Waals surface area contributed by atoms with E-state index in [1.54, 1.807) is 0 Å². The fourth-order valence-electron chi connectivity index (χ4n) is 2.57. The maximum absolute atomic E-state index is 12.5. The first kappa shape index (κ1) is 22.6. The quantitative estimate of drug-likeness (QED) is 0.366. The molecule has 0 aliphatic carbocycles. The number of anilines is 2. The summed E-state index contributed by atoms with van der Waals surface area (Å²) in [4.78, 5) is 19.6. The van der Waals surface area contributed by atoms with Gasteiger partial charge in [-0.3, -0.25) is 29.7 Å². The molecule has 0 atom stereocenters. The molecule has 0 amide bonds. The molecule has 14 heteroatoms. The van der Waals surface area contributed by atoms with Gasteiger partial charge in [-0.2, -0.15) is 0 Å². The highest BCUT2D eigenvalue weighted by Crippen LogP contribution is 2.24. The third kappa shape index (κ3) is 5.16. The van der Waals surface area contributed by atoms with Crippen LogP contribution in [0.1, 0.15) is 0 Å². The first-order chi connectivity index (χ1) is 15.0. The summed E-state index contributed by atoms with van der Waals surface area (Å²) in [6, 6.07) is 13.9. The fourth-order valence-corrected chi connectivity index (χ4v) is 4.67. The molecule has 0 aliphatic rings. The van der Waals surface area contributed by atoms with E-state index in [2.05, 4.69) is 9.44 Å². The average molecular weight is 478 g/mol. The predicted octanol–water partition coefficient (Wildman–Crippen LogP) is 3.10. The Morgan fingerprint density at radius 2 is 0.938 bits per heavy atom. The molecular weight excluding hydrogens is 464 g/mol. The van der Waals surface area contributed by atoms with E-state index >= 15 is 0 Å². The van der Waals surface area contributed by atoms with Crippen molar-refractivity contribution in [3.05, 3.63) is 93.0 Å². The molecule has 2 N–H and O–H groups in total. The zero-order valence-corrected chi connectivity index (χ0v) is 17.5. The molecule has 0 aliphatic heterocycles. The summed E-state index contributed by atoms with van der Waals surface area (Å²) in [6.45, 7) is 0. The second-order valence-corrected chi connectivity index (χ2v) is 9.66. The van der Waals surface area contributed by atoms with Crippen LogP contribution in [0.15, 0.2) is 82.6 Å². The molecule has 0 bridgehead atoms. The number of non-ortho nitro benzene ring substituents is 2. The molecule has 0 radical (unpaired) electrons. The molecule has 12 nitrogen and oxygen atoms in total. The van der Waals surface area contributed by atoms with E-state index in [0.717, 1.165) is 48.5 Å². The third-order valence-electron chi connectivity index (χ3n) is 4.08. The van der Waals surface area contributed by atoms with E-state index in [0.29, 0.717) is 0 Å². The number of nitrogens with zero attached hydrogens (tertiary/aromatic N) is 2. The van der Waals surface area contributed by atoms with Crippen LogP contribution in [-0.4, -0.2) is 26.7 Å². The minimum Gasteiger partial charge on any atom is -0.280 e. The lowest BCUT2D eigenvalue weighted by Gasteiger charge is -2.11. The number of hydrogen-bond donors (Lipinski definition) is 2. The second kappa shape index (κ2) is 8.60. The average Bonchev–Trinajstić information content (AvgIpc) is 2.73. The van der Waals surface area contributed by atoms with Crippen LogP contribution in [0.4, 0.5) is 22.7 Å². The van der Waals surface area contributed by atoms with E-state index in [9.17, 15) is 37.1 Å². The Hall–Kier alpha value is -4.04. The Kier molecular flexibility index (Phi) is 6.09. The van der Waals surface area contributed by atoms with Crippen LogP contribution in [0.5, 0.6) is 0 Å². The normalized spacial score (nSPS) is 11.5. The van der Waals surface area contributed by atoms with Crippen molar-refractivity contribution in [3.63, 3.8) is 0 Å². The highest BCUT2D eigenvalue weighted by atomic mass is 32.2. The Labute approximate surface area is 181 Å². The van der Waals surface area contributed by atoms with Gasteiger partial charge in [-0.05, 0) is 42.5 Å². The molecule has 0 unspecified atom stereocenters. The van der Waals surface area contributed by atoms with Crippen molar-refractivity contribution in [2.75, 3.05) is 9.44 Å². The van der Waals surface area contributed by atoms with Gasteiger partial charge in [0.05, 0.1) is 31.0 Å². The van der Waals surface area contributed by atoms with Crippen LogP contribution >= 0.6 is 0 Å². The van der Waals surface area contributed by atoms with Gasteiger partial charge in [0.25, 0.3) is 31.4 Å². The van der Waals surface area contributed by atoms with Crippen LogP contribution in [-0.2, 0) is 20.0 Å². The Balaban J connectivity index is 1.80. The van der Waals surface area contributed by atoms with Crippen molar-refractivity contribution in [2.24, 2.45) is 0 Å². The van der Waals surface area contributed by atoms with Crippen LogP contribution < -0.4 is 9.44 Å². The molecular formula is C18H14N4O8S2. The van der Waals surface area contributed by atoms with Gasteiger partial charge in [0, 0.05) is 24.3 Å². The van der Waals surface area contributed by atoms with E-state index in [-0.39, 0.29) is 32.5 Å². The summed E-state index contributed by atoms with van der Waals surface area (Å²) in [6.07, 6.45) is 0. The van der Waals surface area contributed by atoms with Crippen molar-refractivity contribution in [1.29, 1.82) is 0 Å². The molecule has 3 rings (SSSR count). The van der Waals surface area contributed by atoms with Crippen molar-refractivity contribution in [3.8, 4) is 0 Å². The van der Waals surface area contributed by atoms with Crippen molar-refractivity contribution in [2.45, 2.75) is 9.79 Å².